The number of nitrogens with zero attached hydrogens (tertiary/aromatic N) is 3. The molecule has 1 aliphatic rings. The zero-order valence-corrected chi connectivity index (χ0v) is 16.1. The van der Waals surface area contributed by atoms with E-state index in [9.17, 15) is 13.2 Å². The van der Waals surface area contributed by atoms with Crippen molar-refractivity contribution in [1.82, 2.24) is 19.4 Å². The lowest BCUT2D eigenvalue weighted by atomic mass is 10.2. The summed E-state index contributed by atoms with van der Waals surface area (Å²) in [5, 5.41) is 2.85. The van der Waals surface area contributed by atoms with Gasteiger partial charge >= 0.3 is 6.03 Å². The van der Waals surface area contributed by atoms with Crippen LogP contribution < -0.4 is 5.32 Å². The fraction of sp³-hybridized carbons (Fsp3) is 0.588. The summed E-state index contributed by atoms with van der Waals surface area (Å²) in [6, 6.07) is 6.63. The number of sulfonamides is 1. The Morgan fingerprint density at radius 2 is 1.64 bits per heavy atom. The number of carbonyl (C=O) groups is 1. The summed E-state index contributed by atoms with van der Waals surface area (Å²) < 4.78 is 26.9. The fourth-order valence-corrected chi connectivity index (χ4v) is 4.18. The number of carbonyl (C=O) groups excluding carboxylic acids is 1. The highest BCUT2D eigenvalue weighted by atomic mass is 32.2. The maximum Gasteiger partial charge on any atom is 0.317 e. The second-order valence-corrected chi connectivity index (χ2v) is 8.12. The quantitative estimate of drug-likeness (QED) is 0.818. The summed E-state index contributed by atoms with van der Waals surface area (Å²) in [4.78, 5) is 16.1. The Bertz CT molecular complexity index is 664. The van der Waals surface area contributed by atoms with E-state index in [0.29, 0.717) is 37.6 Å². The minimum atomic E-state index is -3.44. The number of rotatable bonds is 6. The number of urea groups is 1. The highest BCUT2D eigenvalue weighted by molar-refractivity contribution is 7.89. The van der Waals surface area contributed by atoms with Crippen molar-refractivity contribution in [3.63, 3.8) is 0 Å². The molecule has 0 unspecified atom stereocenters. The first-order chi connectivity index (χ1) is 11.9. The van der Waals surface area contributed by atoms with Gasteiger partial charge in [0.1, 0.15) is 0 Å². The number of likely N-dealkylation sites (N-methyl/N-ethyl adjacent to an activating group) is 1. The van der Waals surface area contributed by atoms with Crippen LogP contribution >= 0.6 is 0 Å². The average molecular weight is 369 g/mol. The highest BCUT2D eigenvalue weighted by Gasteiger charge is 2.27. The molecule has 1 N–H and O–H groups in total. The van der Waals surface area contributed by atoms with Crippen molar-refractivity contribution in [2.45, 2.75) is 25.3 Å². The van der Waals surface area contributed by atoms with Crippen molar-refractivity contribution in [3.05, 3.63) is 29.8 Å². The summed E-state index contributed by atoms with van der Waals surface area (Å²) in [5.41, 5.74) is 0.873. The Labute approximate surface area is 150 Å². The molecule has 0 saturated carbocycles. The summed E-state index contributed by atoms with van der Waals surface area (Å²) in [7, 11) is -1.45. The lowest BCUT2D eigenvalue weighted by Crippen LogP contribution is -2.47. The van der Waals surface area contributed by atoms with Crippen molar-refractivity contribution < 1.29 is 13.2 Å². The van der Waals surface area contributed by atoms with Crippen LogP contribution in [0.15, 0.2) is 29.2 Å². The zero-order chi connectivity index (χ0) is 18.4. The van der Waals surface area contributed by atoms with Crippen molar-refractivity contribution >= 4 is 16.1 Å². The Hall–Kier alpha value is -1.64. The van der Waals surface area contributed by atoms with Gasteiger partial charge < -0.3 is 15.1 Å². The van der Waals surface area contributed by atoms with E-state index in [1.807, 2.05) is 20.9 Å². The van der Waals surface area contributed by atoms with Crippen LogP contribution in [-0.2, 0) is 16.6 Å². The molecule has 0 bridgehead atoms. The zero-order valence-electron chi connectivity index (χ0n) is 15.2. The predicted octanol–water partition coefficient (Wildman–Crippen LogP) is 1.17. The molecule has 7 nitrogen and oxygen atoms in total. The maximum atomic E-state index is 12.7. The minimum Gasteiger partial charge on any atom is -0.334 e. The second kappa shape index (κ2) is 8.64. The van der Waals surface area contributed by atoms with Gasteiger partial charge in [-0.25, -0.2) is 13.2 Å². The number of benzene rings is 1. The molecule has 1 aliphatic heterocycles. The summed E-state index contributed by atoms with van der Waals surface area (Å²) in [6.45, 7) is 8.08. The van der Waals surface area contributed by atoms with E-state index >= 15 is 0 Å². The second-order valence-electron chi connectivity index (χ2n) is 6.18. The fourth-order valence-electron chi connectivity index (χ4n) is 2.76. The first-order valence-electron chi connectivity index (χ1n) is 8.69. The molecule has 25 heavy (non-hydrogen) atoms. The van der Waals surface area contributed by atoms with Gasteiger partial charge in [0.2, 0.25) is 10.0 Å². The largest absolute Gasteiger partial charge is 0.334 e. The van der Waals surface area contributed by atoms with Crippen LogP contribution in [0.2, 0.25) is 0 Å². The summed E-state index contributed by atoms with van der Waals surface area (Å²) in [6.07, 6.45) is 0. The van der Waals surface area contributed by atoms with Crippen molar-refractivity contribution in [2.24, 2.45) is 0 Å². The van der Waals surface area contributed by atoms with Crippen molar-refractivity contribution in [1.29, 1.82) is 0 Å². The molecule has 0 radical (unpaired) electrons. The van der Waals surface area contributed by atoms with Gasteiger partial charge in [-0.15, -0.1) is 0 Å². The maximum absolute atomic E-state index is 12.7. The minimum absolute atomic E-state index is 0.112. The molecule has 1 aromatic carbocycles. The van der Waals surface area contributed by atoms with E-state index in [2.05, 4.69) is 10.2 Å². The molecule has 1 fully saturated rings. The van der Waals surface area contributed by atoms with Gasteiger partial charge in [0.25, 0.3) is 0 Å². The smallest absolute Gasteiger partial charge is 0.317 e. The van der Waals surface area contributed by atoms with E-state index in [0.717, 1.165) is 18.7 Å². The molecule has 0 spiro atoms. The van der Waals surface area contributed by atoms with Crippen LogP contribution in [0.3, 0.4) is 0 Å². The third-order valence-electron chi connectivity index (χ3n) is 4.52. The third kappa shape index (κ3) is 4.93. The number of piperazine rings is 1. The van der Waals surface area contributed by atoms with E-state index in [4.69, 9.17) is 0 Å². The van der Waals surface area contributed by atoms with Crippen LogP contribution in [0.1, 0.15) is 19.4 Å². The normalized spacial score (nSPS) is 16.6. The van der Waals surface area contributed by atoms with Crippen LogP contribution in [0.25, 0.3) is 0 Å². The summed E-state index contributed by atoms with van der Waals surface area (Å²) in [5.74, 6) is 0. The standard InChI is InChI=1S/C17H28N4O3S/c1-4-20(5-2)17(22)18-14-15-6-8-16(9-7-15)25(23,24)21-12-10-19(3)11-13-21/h6-9H,4-5,10-14H2,1-3H3,(H,18,22). The molecule has 0 aliphatic carbocycles. The van der Waals surface area contributed by atoms with Gasteiger partial charge in [0.05, 0.1) is 4.90 Å². The molecule has 0 atom stereocenters. The Kier molecular flexibility index (Phi) is 6.80. The summed E-state index contributed by atoms with van der Waals surface area (Å²) >= 11 is 0. The predicted molar refractivity (Wildman–Crippen MR) is 97.9 cm³/mol. The van der Waals surface area contributed by atoms with Gasteiger partial charge in [-0.2, -0.15) is 4.31 Å². The number of nitrogens with one attached hydrogen (secondary N) is 1. The molecule has 140 valence electrons. The van der Waals surface area contributed by atoms with Crippen LogP contribution in [0.5, 0.6) is 0 Å². The van der Waals surface area contributed by atoms with Gasteiger partial charge in [0, 0.05) is 45.8 Å². The number of amides is 2. The molecule has 2 amide bonds. The van der Waals surface area contributed by atoms with E-state index in [1.165, 1.54) is 4.31 Å². The topological polar surface area (TPSA) is 73.0 Å². The van der Waals surface area contributed by atoms with Crippen molar-refractivity contribution in [2.75, 3.05) is 46.3 Å². The third-order valence-corrected chi connectivity index (χ3v) is 6.43. The SMILES string of the molecule is CCN(CC)C(=O)NCc1ccc(S(=O)(=O)N2CCN(C)CC2)cc1. The molecule has 0 aromatic heterocycles. The van der Waals surface area contributed by atoms with Gasteiger partial charge in [-0.1, -0.05) is 12.1 Å². The van der Waals surface area contributed by atoms with Crippen LogP contribution in [-0.4, -0.2) is 74.9 Å². The monoisotopic (exact) mass is 368 g/mol. The number of hydrogen-bond donors (Lipinski definition) is 1. The van der Waals surface area contributed by atoms with Gasteiger partial charge in [0.15, 0.2) is 0 Å². The average Bonchev–Trinajstić information content (AvgIpc) is 2.61. The van der Waals surface area contributed by atoms with E-state index in [1.54, 1.807) is 29.2 Å². The Balaban J connectivity index is 1.98. The first-order valence-corrected chi connectivity index (χ1v) is 10.1. The molecule has 1 heterocycles. The van der Waals surface area contributed by atoms with E-state index < -0.39 is 10.0 Å². The Morgan fingerprint density at radius 3 is 2.16 bits per heavy atom. The van der Waals surface area contributed by atoms with Gasteiger partial charge in [-0.05, 0) is 38.6 Å². The van der Waals surface area contributed by atoms with E-state index in [-0.39, 0.29) is 6.03 Å². The molecule has 8 heteroatoms. The van der Waals surface area contributed by atoms with Gasteiger partial charge in [-0.3, -0.25) is 0 Å². The van der Waals surface area contributed by atoms with Crippen LogP contribution in [0, 0.1) is 0 Å². The molecular weight excluding hydrogens is 340 g/mol. The molecule has 1 aromatic rings. The molecular formula is C17H28N4O3S. The van der Waals surface area contributed by atoms with Crippen LogP contribution in [0.4, 0.5) is 4.79 Å². The lowest BCUT2D eigenvalue weighted by molar-refractivity contribution is 0.203. The molecule has 1 saturated heterocycles. The number of hydrogen-bond acceptors (Lipinski definition) is 4. The highest BCUT2D eigenvalue weighted by Crippen LogP contribution is 2.18. The Morgan fingerprint density at radius 1 is 1.08 bits per heavy atom. The lowest BCUT2D eigenvalue weighted by Gasteiger charge is -2.31. The van der Waals surface area contributed by atoms with Crippen molar-refractivity contribution in [3.8, 4) is 0 Å². The first kappa shape index (κ1) is 19.7. The molecule has 2 rings (SSSR count).